The van der Waals surface area contributed by atoms with Crippen molar-refractivity contribution in [3.05, 3.63) is 60.6 Å². The molecule has 3 N–H and O–H groups in total. The first-order valence-electron chi connectivity index (χ1n) is 11.4. The summed E-state index contributed by atoms with van der Waals surface area (Å²) in [5.41, 5.74) is 5.12. The summed E-state index contributed by atoms with van der Waals surface area (Å²) in [5.74, 6) is 2.22. The van der Waals surface area contributed by atoms with Crippen molar-refractivity contribution in [3.63, 3.8) is 0 Å². The number of hydrogen-bond acceptors (Lipinski definition) is 7. The number of nitrogens with zero attached hydrogens (tertiary/aromatic N) is 4. The lowest BCUT2D eigenvalue weighted by molar-refractivity contribution is 0.233. The quantitative estimate of drug-likeness (QED) is 0.362. The molecular formula is C25H30ClN7O. The van der Waals surface area contributed by atoms with Crippen LogP contribution in [-0.4, -0.2) is 57.1 Å². The Labute approximate surface area is 205 Å². The highest BCUT2D eigenvalue weighted by molar-refractivity contribution is 5.85. The molecule has 1 saturated heterocycles. The van der Waals surface area contributed by atoms with E-state index in [9.17, 15) is 0 Å². The molecule has 0 bridgehead atoms. The van der Waals surface area contributed by atoms with Crippen LogP contribution in [0, 0.1) is 0 Å². The lowest BCUT2D eigenvalue weighted by Crippen LogP contribution is -2.42. The molecule has 0 spiro atoms. The second-order valence-electron chi connectivity index (χ2n) is 8.56. The van der Waals surface area contributed by atoms with E-state index in [1.807, 2.05) is 32.2 Å². The highest BCUT2D eigenvalue weighted by Crippen LogP contribution is 2.32. The van der Waals surface area contributed by atoms with Crippen molar-refractivity contribution in [1.82, 2.24) is 30.2 Å². The largest absolute Gasteiger partial charge is 0.489 e. The first-order valence-corrected chi connectivity index (χ1v) is 11.4. The first-order chi connectivity index (χ1) is 16.1. The predicted molar refractivity (Wildman–Crippen MR) is 138 cm³/mol. The molecule has 1 aliphatic rings. The normalized spacial score (nSPS) is 14.2. The molecule has 0 unspecified atom stereocenters. The van der Waals surface area contributed by atoms with E-state index in [-0.39, 0.29) is 18.5 Å². The number of H-pyrrole nitrogens is 1. The van der Waals surface area contributed by atoms with E-state index in [1.165, 1.54) is 5.56 Å². The number of rotatable bonds is 7. The van der Waals surface area contributed by atoms with Gasteiger partial charge in [0.1, 0.15) is 11.6 Å². The summed E-state index contributed by atoms with van der Waals surface area (Å²) in [6.07, 6.45) is 5.47. The van der Waals surface area contributed by atoms with Crippen LogP contribution in [0.3, 0.4) is 0 Å². The van der Waals surface area contributed by atoms with Crippen LogP contribution in [0.15, 0.2) is 55.0 Å². The molecule has 9 heteroatoms. The maximum atomic E-state index is 5.95. The summed E-state index contributed by atoms with van der Waals surface area (Å²) in [7, 11) is 0. The van der Waals surface area contributed by atoms with E-state index in [2.05, 4.69) is 54.8 Å². The highest BCUT2D eigenvalue weighted by Gasteiger charge is 2.12. The molecule has 1 fully saturated rings. The number of piperazine rings is 1. The van der Waals surface area contributed by atoms with Crippen molar-refractivity contribution in [3.8, 4) is 16.9 Å². The minimum Gasteiger partial charge on any atom is -0.489 e. The van der Waals surface area contributed by atoms with Crippen LogP contribution in [0.25, 0.3) is 22.2 Å². The van der Waals surface area contributed by atoms with Crippen molar-refractivity contribution in [2.24, 2.45) is 0 Å². The van der Waals surface area contributed by atoms with Crippen molar-refractivity contribution in [2.75, 3.05) is 31.5 Å². The Morgan fingerprint density at radius 1 is 1.09 bits per heavy atom. The zero-order chi connectivity index (χ0) is 22.6. The Bertz CT molecular complexity index is 1240. The summed E-state index contributed by atoms with van der Waals surface area (Å²) in [6.45, 7) is 9.18. The Morgan fingerprint density at radius 3 is 2.76 bits per heavy atom. The monoisotopic (exact) mass is 479 g/mol. The number of halogens is 1. The van der Waals surface area contributed by atoms with Gasteiger partial charge in [-0.2, -0.15) is 0 Å². The van der Waals surface area contributed by atoms with E-state index in [0.717, 1.165) is 66.5 Å². The Balaban J connectivity index is 0.00000274. The predicted octanol–water partition coefficient (Wildman–Crippen LogP) is 4.38. The molecule has 1 aromatic carbocycles. The third-order valence-corrected chi connectivity index (χ3v) is 5.63. The van der Waals surface area contributed by atoms with Gasteiger partial charge < -0.3 is 20.4 Å². The standard InChI is InChI=1S/C25H29N7O.ClH/c1-17(2)33-23-15-27-7-6-20(23)19-3-4-21-22(14-19)30-25(29-21)31-24-13-18(5-8-28-24)16-32-11-9-26-10-12-32;/h3-8,13-15,17,26H,9-12,16H2,1-2H3,(H2,28,29,30,31);1H. The average molecular weight is 480 g/mol. The Kier molecular flexibility index (Phi) is 7.62. The lowest BCUT2D eigenvalue weighted by atomic mass is 10.1. The fraction of sp³-hybridized carbons (Fsp3) is 0.320. The van der Waals surface area contributed by atoms with Crippen LogP contribution in [-0.2, 0) is 6.54 Å². The third kappa shape index (κ3) is 5.64. The molecular weight excluding hydrogens is 450 g/mol. The van der Waals surface area contributed by atoms with Crippen molar-refractivity contribution in [2.45, 2.75) is 26.5 Å². The molecule has 0 amide bonds. The zero-order valence-corrected chi connectivity index (χ0v) is 20.2. The van der Waals surface area contributed by atoms with Crippen LogP contribution in [0.4, 0.5) is 11.8 Å². The second kappa shape index (κ2) is 10.8. The molecule has 3 aromatic heterocycles. The van der Waals surface area contributed by atoms with Gasteiger partial charge in [-0.3, -0.25) is 9.88 Å². The van der Waals surface area contributed by atoms with E-state index in [0.29, 0.717) is 5.95 Å². The molecule has 0 saturated carbocycles. The van der Waals surface area contributed by atoms with Gasteiger partial charge in [0.15, 0.2) is 0 Å². The highest BCUT2D eigenvalue weighted by atomic mass is 35.5. The fourth-order valence-corrected chi connectivity index (χ4v) is 4.09. The first kappa shape index (κ1) is 23.9. The Hall–Kier alpha value is -3.20. The number of fused-ring (bicyclic) bond motifs is 1. The number of benzene rings is 1. The maximum Gasteiger partial charge on any atom is 0.206 e. The fourth-order valence-electron chi connectivity index (χ4n) is 4.09. The number of pyridine rings is 2. The van der Waals surface area contributed by atoms with Gasteiger partial charge in [0, 0.05) is 50.7 Å². The molecule has 1 aliphatic heterocycles. The summed E-state index contributed by atoms with van der Waals surface area (Å²) < 4.78 is 5.95. The van der Waals surface area contributed by atoms with Crippen molar-refractivity contribution < 1.29 is 4.74 Å². The van der Waals surface area contributed by atoms with Gasteiger partial charge >= 0.3 is 0 Å². The van der Waals surface area contributed by atoms with Crippen molar-refractivity contribution in [1.29, 1.82) is 0 Å². The van der Waals surface area contributed by atoms with Gasteiger partial charge in [0.2, 0.25) is 5.95 Å². The number of anilines is 2. The smallest absolute Gasteiger partial charge is 0.206 e. The van der Waals surface area contributed by atoms with Gasteiger partial charge in [-0.05, 0) is 55.3 Å². The SMILES string of the molecule is CC(C)Oc1cnccc1-c1ccc2nc(Nc3cc(CN4CCNCC4)ccn3)[nH]c2c1.Cl. The molecule has 8 nitrogen and oxygen atoms in total. The molecule has 0 atom stereocenters. The van der Waals surface area contributed by atoms with Gasteiger partial charge in [-0.15, -0.1) is 12.4 Å². The molecule has 5 rings (SSSR count). The van der Waals surface area contributed by atoms with E-state index in [1.54, 1.807) is 12.4 Å². The summed E-state index contributed by atoms with van der Waals surface area (Å²) in [6, 6.07) is 12.3. The van der Waals surface area contributed by atoms with Crippen LogP contribution in [0.1, 0.15) is 19.4 Å². The second-order valence-corrected chi connectivity index (χ2v) is 8.56. The number of aromatic nitrogens is 4. The van der Waals surface area contributed by atoms with Crippen LogP contribution in [0.2, 0.25) is 0 Å². The topological polar surface area (TPSA) is 91.0 Å². The molecule has 0 radical (unpaired) electrons. The maximum absolute atomic E-state index is 5.95. The van der Waals surface area contributed by atoms with E-state index < -0.39 is 0 Å². The van der Waals surface area contributed by atoms with Crippen molar-refractivity contribution >= 4 is 35.2 Å². The summed E-state index contributed by atoms with van der Waals surface area (Å²) in [5, 5.41) is 6.72. The molecule has 0 aliphatic carbocycles. The Morgan fingerprint density at radius 2 is 1.94 bits per heavy atom. The molecule has 4 heterocycles. The lowest BCUT2D eigenvalue weighted by Gasteiger charge is -2.27. The van der Waals surface area contributed by atoms with Gasteiger partial charge in [-0.1, -0.05) is 6.07 Å². The number of hydrogen-bond donors (Lipinski definition) is 3. The molecule has 4 aromatic rings. The van der Waals surface area contributed by atoms with Gasteiger partial charge in [-0.25, -0.2) is 9.97 Å². The molecule has 178 valence electrons. The van der Waals surface area contributed by atoms with Crippen LogP contribution >= 0.6 is 12.4 Å². The van der Waals surface area contributed by atoms with Gasteiger partial charge in [0.05, 0.1) is 23.3 Å². The summed E-state index contributed by atoms with van der Waals surface area (Å²) >= 11 is 0. The van der Waals surface area contributed by atoms with E-state index in [4.69, 9.17) is 9.72 Å². The van der Waals surface area contributed by atoms with Crippen LogP contribution in [0.5, 0.6) is 5.75 Å². The van der Waals surface area contributed by atoms with Crippen LogP contribution < -0.4 is 15.4 Å². The number of nitrogens with one attached hydrogen (secondary N) is 3. The molecule has 34 heavy (non-hydrogen) atoms. The zero-order valence-electron chi connectivity index (χ0n) is 19.4. The number of aromatic amines is 1. The third-order valence-electron chi connectivity index (χ3n) is 5.63. The van der Waals surface area contributed by atoms with E-state index >= 15 is 0 Å². The minimum absolute atomic E-state index is 0. The summed E-state index contributed by atoms with van der Waals surface area (Å²) in [4.78, 5) is 19.2. The average Bonchev–Trinajstić information content (AvgIpc) is 3.21. The number of imidazole rings is 1. The van der Waals surface area contributed by atoms with Gasteiger partial charge in [0.25, 0.3) is 0 Å². The minimum atomic E-state index is 0. The number of ether oxygens (including phenoxy) is 1.